The lowest BCUT2D eigenvalue weighted by molar-refractivity contribution is -0.904. The molecule has 0 aliphatic heterocycles. The number of ether oxygens (including phenoxy) is 1. The van der Waals surface area contributed by atoms with Crippen LogP contribution >= 0.6 is 23.2 Å². The third-order valence-corrected chi connectivity index (χ3v) is 7.47. The molecule has 4 rings (SSSR count). The molecule has 2 aromatic carbocycles. The molecule has 0 amide bonds. The van der Waals surface area contributed by atoms with Crippen molar-refractivity contribution in [2.45, 2.75) is 44.2 Å². The van der Waals surface area contributed by atoms with E-state index in [1.807, 2.05) is 36.4 Å². The summed E-state index contributed by atoms with van der Waals surface area (Å²) in [6.45, 7) is 1.90. The molecule has 1 heterocycles. The number of benzene rings is 2. The molecule has 0 bridgehead atoms. The Morgan fingerprint density at radius 3 is 2.46 bits per heavy atom. The number of halogens is 3. The van der Waals surface area contributed by atoms with Gasteiger partial charge < -0.3 is 35.7 Å². The molecule has 1 atom stereocenters. The lowest BCUT2D eigenvalue weighted by Crippen LogP contribution is -3.00. The fraction of sp³-hybridized carbons (Fsp3) is 0.444. The zero-order valence-corrected chi connectivity index (χ0v) is 23.3. The van der Waals surface area contributed by atoms with E-state index in [1.54, 1.807) is 18.3 Å². The number of oxazole rings is 1. The Morgan fingerprint density at radius 2 is 1.77 bits per heavy atom. The Morgan fingerprint density at radius 1 is 1.06 bits per heavy atom. The molecule has 3 aromatic rings. The van der Waals surface area contributed by atoms with Crippen LogP contribution < -0.4 is 21.7 Å². The summed E-state index contributed by atoms with van der Waals surface area (Å²) in [4.78, 5) is 4.58. The highest BCUT2D eigenvalue weighted by Gasteiger charge is 2.44. The number of nitrogens with zero attached hydrogens (tertiary/aromatic N) is 2. The first-order valence-corrected chi connectivity index (χ1v) is 12.7. The third-order valence-electron chi connectivity index (χ3n) is 6.73. The summed E-state index contributed by atoms with van der Waals surface area (Å²) in [6.07, 6.45) is 7.15. The lowest BCUT2D eigenvalue weighted by atomic mass is 9.73. The summed E-state index contributed by atoms with van der Waals surface area (Å²) in [5.41, 5.74) is -0.368. The first-order valence-electron chi connectivity index (χ1n) is 11.9. The van der Waals surface area contributed by atoms with E-state index < -0.39 is 5.60 Å². The van der Waals surface area contributed by atoms with E-state index in [4.69, 9.17) is 32.4 Å². The average molecular weight is 584 g/mol. The summed E-state index contributed by atoms with van der Waals surface area (Å²) in [6, 6.07) is 15.1. The number of hydrogen-bond acceptors (Lipinski definition) is 4. The average Bonchev–Trinajstić information content (AvgIpc) is 3.30. The highest BCUT2D eigenvalue weighted by atomic mass is 79.9. The first kappa shape index (κ1) is 28.0. The van der Waals surface area contributed by atoms with Gasteiger partial charge in [0.1, 0.15) is 25.4 Å². The monoisotopic (exact) mass is 582 g/mol. The molecule has 35 heavy (non-hydrogen) atoms. The van der Waals surface area contributed by atoms with Gasteiger partial charge in [0.15, 0.2) is 11.4 Å². The zero-order chi connectivity index (χ0) is 24.2. The van der Waals surface area contributed by atoms with Crippen molar-refractivity contribution in [2.24, 2.45) is 5.92 Å². The van der Waals surface area contributed by atoms with Gasteiger partial charge in [0.05, 0.1) is 30.3 Å². The molecule has 1 N–H and O–H groups in total. The summed E-state index contributed by atoms with van der Waals surface area (Å²) in [5.74, 6) is 1.93. The SMILES string of the molecule is C[N+](C)(CCOc1ccc(Cl)c(Cl)c1)Cc1cnc([C@](O)(c2ccccc2)C2CCCCC2)o1.[Br-]. The Balaban J connectivity index is 0.00000342. The van der Waals surface area contributed by atoms with E-state index in [0.717, 1.165) is 43.6 Å². The van der Waals surface area contributed by atoms with Gasteiger partial charge in [-0.2, -0.15) is 0 Å². The van der Waals surface area contributed by atoms with Crippen LogP contribution in [0.15, 0.2) is 59.1 Å². The normalized spacial score (nSPS) is 16.4. The van der Waals surface area contributed by atoms with Crippen LogP contribution in [0, 0.1) is 5.92 Å². The maximum atomic E-state index is 12.0. The Kier molecular flexibility index (Phi) is 9.69. The van der Waals surface area contributed by atoms with Gasteiger partial charge in [-0.05, 0) is 30.5 Å². The number of aliphatic hydroxyl groups is 1. The maximum Gasteiger partial charge on any atom is 0.231 e. The molecule has 1 aromatic heterocycles. The van der Waals surface area contributed by atoms with Gasteiger partial charge in [0.25, 0.3) is 0 Å². The van der Waals surface area contributed by atoms with Crippen LogP contribution in [0.2, 0.25) is 10.0 Å². The number of aromatic nitrogens is 1. The minimum Gasteiger partial charge on any atom is -1.00 e. The van der Waals surface area contributed by atoms with E-state index in [2.05, 4.69) is 19.1 Å². The van der Waals surface area contributed by atoms with Gasteiger partial charge in [-0.1, -0.05) is 72.8 Å². The van der Waals surface area contributed by atoms with Gasteiger partial charge in [-0.15, -0.1) is 0 Å². The van der Waals surface area contributed by atoms with Gasteiger partial charge in [-0.3, -0.25) is 0 Å². The predicted octanol–water partition coefficient (Wildman–Crippen LogP) is 3.46. The van der Waals surface area contributed by atoms with Crippen molar-refractivity contribution in [3.63, 3.8) is 0 Å². The smallest absolute Gasteiger partial charge is 0.231 e. The summed E-state index contributed by atoms with van der Waals surface area (Å²) in [7, 11) is 4.23. The van der Waals surface area contributed by atoms with Crippen molar-refractivity contribution in [1.82, 2.24) is 4.98 Å². The second-order valence-corrected chi connectivity index (χ2v) is 10.7. The highest BCUT2D eigenvalue weighted by molar-refractivity contribution is 6.42. The molecule has 190 valence electrons. The summed E-state index contributed by atoms with van der Waals surface area (Å²) in [5, 5.41) is 13.0. The van der Waals surface area contributed by atoms with Crippen molar-refractivity contribution in [3.05, 3.63) is 82.0 Å². The molecule has 1 fully saturated rings. The molecular weight excluding hydrogens is 551 g/mol. The predicted molar refractivity (Wildman–Crippen MR) is 135 cm³/mol. The fourth-order valence-electron chi connectivity index (χ4n) is 4.78. The molecule has 1 saturated carbocycles. The Labute approximate surface area is 228 Å². The standard InChI is InChI=1S/C27H33Cl2N2O3.BrH/c1-31(2,15-16-33-22-13-14-24(28)25(29)17-22)19-23-18-30-26(34-23)27(32,20-9-5-3-6-10-20)21-11-7-4-8-12-21;/h3,5-6,9-10,13-14,17-18,21,32H,4,7-8,11-12,15-16,19H2,1-2H3;1H/q+1;/p-1/t27-;/m0./s1. The number of hydrogen-bond donors (Lipinski definition) is 1. The Hall–Kier alpha value is -1.57. The zero-order valence-electron chi connectivity index (χ0n) is 20.2. The second-order valence-electron chi connectivity index (χ2n) is 9.84. The molecular formula is C27H33BrCl2N2O3. The van der Waals surface area contributed by atoms with E-state index in [0.29, 0.717) is 39.3 Å². The molecule has 0 spiro atoms. The van der Waals surface area contributed by atoms with E-state index in [9.17, 15) is 5.11 Å². The van der Waals surface area contributed by atoms with Crippen molar-refractivity contribution < 1.29 is 35.7 Å². The van der Waals surface area contributed by atoms with Crippen LogP contribution in [-0.4, -0.2) is 41.8 Å². The lowest BCUT2D eigenvalue weighted by Gasteiger charge is -2.36. The second kappa shape index (κ2) is 12.1. The van der Waals surface area contributed by atoms with E-state index in [1.165, 1.54) is 6.42 Å². The number of rotatable bonds is 9. The minimum atomic E-state index is -1.21. The molecule has 0 unspecified atom stereocenters. The van der Waals surface area contributed by atoms with Crippen molar-refractivity contribution >= 4 is 23.2 Å². The van der Waals surface area contributed by atoms with Gasteiger partial charge in [0, 0.05) is 12.0 Å². The van der Waals surface area contributed by atoms with Crippen molar-refractivity contribution in [3.8, 4) is 5.75 Å². The van der Waals surface area contributed by atoms with Crippen LogP contribution in [0.25, 0.3) is 0 Å². The van der Waals surface area contributed by atoms with Crippen molar-refractivity contribution in [2.75, 3.05) is 27.2 Å². The van der Waals surface area contributed by atoms with E-state index in [-0.39, 0.29) is 22.9 Å². The van der Waals surface area contributed by atoms with Gasteiger partial charge >= 0.3 is 0 Å². The van der Waals surface area contributed by atoms with E-state index >= 15 is 0 Å². The van der Waals surface area contributed by atoms with Crippen LogP contribution in [0.5, 0.6) is 5.75 Å². The highest BCUT2D eigenvalue weighted by Crippen LogP contribution is 2.43. The van der Waals surface area contributed by atoms with Gasteiger partial charge in [-0.25, -0.2) is 4.98 Å². The van der Waals surface area contributed by atoms with Crippen LogP contribution in [0.4, 0.5) is 0 Å². The molecule has 0 radical (unpaired) electrons. The quantitative estimate of drug-likeness (QED) is 0.392. The molecule has 5 nitrogen and oxygen atoms in total. The topological polar surface area (TPSA) is 55.5 Å². The van der Waals surface area contributed by atoms with Crippen LogP contribution in [0.1, 0.15) is 49.3 Å². The fourth-order valence-corrected chi connectivity index (χ4v) is 5.07. The number of likely N-dealkylation sites (N-methyl/N-ethyl adjacent to an activating group) is 1. The molecule has 1 aliphatic rings. The summed E-state index contributed by atoms with van der Waals surface area (Å²) < 4.78 is 12.7. The third kappa shape index (κ3) is 6.80. The molecule has 0 saturated heterocycles. The maximum absolute atomic E-state index is 12.0. The van der Waals surface area contributed by atoms with Crippen molar-refractivity contribution in [1.29, 1.82) is 0 Å². The summed E-state index contributed by atoms with van der Waals surface area (Å²) >= 11 is 12.0. The van der Waals surface area contributed by atoms with Crippen LogP contribution in [0.3, 0.4) is 0 Å². The Bertz CT molecular complexity index is 1090. The first-order chi connectivity index (χ1) is 16.3. The van der Waals surface area contributed by atoms with Crippen LogP contribution in [-0.2, 0) is 12.1 Å². The minimum absolute atomic E-state index is 0. The largest absolute Gasteiger partial charge is 1.00 e. The molecule has 8 heteroatoms. The van der Waals surface area contributed by atoms with Gasteiger partial charge in [0.2, 0.25) is 5.89 Å². The number of quaternary nitrogens is 1. The molecule has 1 aliphatic carbocycles.